The predicted octanol–water partition coefficient (Wildman–Crippen LogP) is 0.485. The number of carbonyl (C=O) groups is 2. The van der Waals surface area contributed by atoms with Crippen LogP contribution in [0.25, 0.3) is 0 Å². The summed E-state index contributed by atoms with van der Waals surface area (Å²) in [4.78, 5) is 22.4. The molecule has 1 aliphatic rings. The minimum atomic E-state index is -0.824. The molecule has 0 spiro atoms. The molecule has 0 aromatic carbocycles. The molecule has 0 radical (unpaired) electrons. The summed E-state index contributed by atoms with van der Waals surface area (Å²) in [7, 11) is 0. The lowest BCUT2D eigenvalue weighted by Gasteiger charge is -2.14. The number of hydrogen-bond acceptors (Lipinski definition) is 3. The fourth-order valence-electron chi connectivity index (χ4n) is 1.56. The first-order chi connectivity index (χ1) is 7.52. The maximum absolute atomic E-state index is 11.5. The number of unbranched alkanes of at least 4 members (excludes halogenated alkanes) is 1. The number of amides is 1. The molecule has 0 aromatic heterocycles. The van der Waals surface area contributed by atoms with E-state index in [1.165, 1.54) is 0 Å². The molecule has 5 heteroatoms. The van der Waals surface area contributed by atoms with Crippen molar-refractivity contribution >= 4 is 11.9 Å². The van der Waals surface area contributed by atoms with E-state index in [1.54, 1.807) is 0 Å². The number of nitrogens with two attached hydrogens (primary N) is 1. The van der Waals surface area contributed by atoms with Gasteiger partial charge in [-0.2, -0.15) is 0 Å². The summed E-state index contributed by atoms with van der Waals surface area (Å²) in [6.07, 6.45) is 3.86. The van der Waals surface area contributed by atoms with Gasteiger partial charge in [0.1, 0.15) is 0 Å². The van der Waals surface area contributed by atoms with Crippen LogP contribution in [0.3, 0.4) is 0 Å². The summed E-state index contributed by atoms with van der Waals surface area (Å²) in [5, 5.41) is 11.5. The first-order valence-corrected chi connectivity index (χ1v) is 5.78. The molecule has 92 valence electrons. The smallest absolute Gasteiger partial charge is 0.311 e. The van der Waals surface area contributed by atoms with Gasteiger partial charge in [-0.3, -0.25) is 9.59 Å². The molecule has 4 N–H and O–H groups in total. The summed E-state index contributed by atoms with van der Waals surface area (Å²) < 4.78 is 0. The SMILES string of the molecule is CCCC[C@H](N)C(=O)NCC1(C(=O)O)CC1. The molecule has 1 atom stereocenters. The summed E-state index contributed by atoms with van der Waals surface area (Å²) in [5.41, 5.74) is 4.96. The first-order valence-electron chi connectivity index (χ1n) is 5.78. The van der Waals surface area contributed by atoms with E-state index in [4.69, 9.17) is 10.8 Å². The molecule has 0 aromatic rings. The number of nitrogens with one attached hydrogen (secondary N) is 1. The molecule has 16 heavy (non-hydrogen) atoms. The number of hydrogen-bond donors (Lipinski definition) is 3. The second-order valence-electron chi connectivity index (χ2n) is 4.55. The van der Waals surface area contributed by atoms with Gasteiger partial charge in [-0.1, -0.05) is 19.8 Å². The van der Waals surface area contributed by atoms with E-state index in [-0.39, 0.29) is 12.5 Å². The molecular formula is C11H20N2O3. The predicted molar refractivity (Wildman–Crippen MR) is 59.8 cm³/mol. The van der Waals surface area contributed by atoms with Gasteiger partial charge in [-0.15, -0.1) is 0 Å². The van der Waals surface area contributed by atoms with E-state index in [9.17, 15) is 9.59 Å². The molecule has 0 saturated heterocycles. The molecular weight excluding hydrogens is 208 g/mol. The summed E-state index contributed by atoms with van der Waals surface area (Å²) in [6.45, 7) is 2.25. The standard InChI is InChI=1S/C11H20N2O3/c1-2-3-4-8(12)9(14)13-7-11(5-6-11)10(15)16/h8H,2-7,12H2,1H3,(H,13,14)(H,15,16)/t8-/m0/s1. The van der Waals surface area contributed by atoms with E-state index >= 15 is 0 Å². The van der Waals surface area contributed by atoms with Crippen LogP contribution in [0.5, 0.6) is 0 Å². The summed E-state index contributed by atoms with van der Waals surface area (Å²) >= 11 is 0. The summed E-state index contributed by atoms with van der Waals surface area (Å²) in [6, 6.07) is -0.510. The van der Waals surface area contributed by atoms with Gasteiger partial charge in [0.25, 0.3) is 0 Å². The maximum atomic E-state index is 11.5. The minimum absolute atomic E-state index is 0.209. The quantitative estimate of drug-likeness (QED) is 0.591. The van der Waals surface area contributed by atoms with E-state index in [1.807, 2.05) is 6.92 Å². The Balaban J connectivity index is 2.27. The molecule has 1 aliphatic carbocycles. The zero-order valence-corrected chi connectivity index (χ0v) is 9.66. The average Bonchev–Trinajstić information content (AvgIpc) is 3.03. The van der Waals surface area contributed by atoms with E-state index < -0.39 is 17.4 Å². The fraction of sp³-hybridized carbons (Fsp3) is 0.818. The van der Waals surface area contributed by atoms with Crippen molar-refractivity contribution in [1.29, 1.82) is 0 Å². The Morgan fingerprint density at radius 1 is 1.50 bits per heavy atom. The van der Waals surface area contributed by atoms with Crippen molar-refractivity contribution in [3.8, 4) is 0 Å². The monoisotopic (exact) mass is 228 g/mol. The van der Waals surface area contributed by atoms with Crippen LogP contribution in [0.1, 0.15) is 39.0 Å². The van der Waals surface area contributed by atoms with Crippen molar-refractivity contribution in [2.24, 2.45) is 11.1 Å². The van der Waals surface area contributed by atoms with Gasteiger partial charge in [-0.25, -0.2) is 0 Å². The van der Waals surface area contributed by atoms with Gasteiger partial charge in [0.15, 0.2) is 0 Å². The van der Waals surface area contributed by atoms with Crippen LogP contribution < -0.4 is 11.1 Å². The highest BCUT2D eigenvalue weighted by molar-refractivity contribution is 5.83. The molecule has 0 aliphatic heterocycles. The number of carboxylic acids is 1. The van der Waals surface area contributed by atoms with Crippen molar-refractivity contribution < 1.29 is 14.7 Å². The highest BCUT2D eigenvalue weighted by atomic mass is 16.4. The average molecular weight is 228 g/mol. The highest BCUT2D eigenvalue weighted by Crippen LogP contribution is 2.45. The minimum Gasteiger partial charge on any atom is -0.481 e. The molecule has 1 rings (SSSR count). The summed E-state index contributed by atoms with van der Waals surface area (Å²) in [5.74, 6) is -1.06. The van der Waals surface area contributed by atoms with Gasteiger partial charge in [-0.05, 0) is 19.3 Å². The Bertz CT molecular complexity index is 274. The first kappa shape index (κ1) is 13.0. The Labute approximate surface area is 95.4 Å². The van der Waals surface area contributed by atoms with E-state index in [2.05, 4.69) is 5.32 Å². The van der Waals surface area contributed by atoms with Crippen molar-refractivity contribution in [3.05, 3.63) is 0 Å². The van der Waals surface area contributed by atoms with Crippen LogP contribution in [0.2, 0.25) is 0 Å². The molecule has 0 bridgehead atoms. The Hall–Kier alpha value is -1.10. The van der Waals surface area contributed by atoms with E-state index in [0.29, 0.717) is 19.3 Å². The van der Waals surface area contributed by atoms with Crippen molar-refractivity contribution in [2.45, 2.75) is 45.1 Å². The maximum Gasteiger partial charge on any atom is 0.311 e. The Kier molecular flexibility index (Phi) is 4.29. The van der Waals surface area contributed by atoms with Crippen LogP contribution >= 0.6 is 0 Å². The lowest BCUT2D eigenvalue weighted by Crippen LogP contribution is -2.44. The van der Waals surface area contributed by atoms with Gasteiger partial charge in [0.2, 0.25) is 5.91 Å². The normalized spacial score (nSPS) is 18.9. The number of carbonyl (C=O) groups excluding carboxylic acids is 1. The Morgan fingerprint density at radius 3 is 2.56 bits per heavy atom. The van der Waals surface area contributed by atoms with Crippen LogP contribution in [-0.2, 0) is 9.59 Å². The van der Waals surface area contributed by atoms with Gasteiger partial charge >= 0.3 is 5.97 Å². The van der Waals surface area contributed by atoms with E-state index in [0.717, 1.165) is 12.8 Å². The fourth-order valence-corrected chi connectivity index (χ4v) is 1.56. The van der Waals surface area contributed by atoms with Gasteiger partial charge < -0.3 is 16.2 Å². The van der Waals surface area contributed by atoms with Crippen LogP contribution in [0, 0.1) is 5.41 Å². The highest BCUT2D eigenvalue weighted by Gasteiger charge is 2.50. The topological polar surface area (TPSA) is 92.4 Å². The third-order valence-corrected chi connectivity index (χ3v) is 3.11. The molecule has 5 nitrogen and oxygen atoms in total. The molecule has 1 amide bonds. The number of carboxylic acid groups (broad SMARTS) is 1. The van der Waals surface area contributed by atoms with Crippen molar-refractivity contribution in [2.75, 3.05) is 6.54 Å². The van der Waals surface area contributed by atoms with Crippen molar-refractivity contribution in [3.63, 3.8) is 0 Å². The second kappa shape index (κ2) is 5.30. The van der Waals surface area contributed by atoms with Crippen LogP contribution in [-0.4, -0.2) is 29.6 Å². The van der Waals surface area contributed by atoms with Crippen molar-refractivity contribution in [1.82, 2.24) is 5.32 Å². The number of rotatable bonds is 7. The zero-order valence-electron chi connectivity index (χ0n) is 9.66. The van der Waals surface area contributed by atoms with Gasteiger partial charge in [0, 0.05) is 6.54 Å². The van der Waals surface area contributed by atoms with Crippen LogP contribution in [0.4, 0.5) is 0 Å². The lowest BCUT2D eigenvalue weighted by molar-refractivity contribution is -0.143. The Morgan fingerprint density at radius 2 is 2.12 bits per heavy atom. The largest absolute Gasteiger partial charge is 0.481 e. The molecule has 1 fully saturated rings. The molecule has 1 saturated carbocycles. The zero-order chi connectivity index (χ0) is 12.2. The third kappa shape index (κ3) is 3.20. The molecule has 0 heterocycles. The molecule has 0 unspecified atom stereocenters. The second-order valence-corrected chi connectivity index (χ2v) is 4.55. The van der Waals surface area contributed by atoms with Gasteiger partial charge in [0.05, 0.1) is 11.5 Å². The number of aliphatic carboxylic acids is 1. The third-order valence-electron chi connectivity index (χ3n) is 3.11. The van der Waals surface area contributed by atoms with Crippen LogP contribution in [0.15, 0.2) is 0 Å². The lowest BCUT2D eigenvalue weighted by atomic mass is 10.1.